The van der Waals surface area contributed by atoms with E-state index in [0.717, 1.165) is 42.4 Å². The zero-order valence-corrected chi connectivity index (χ0v) is 19.5. The second-order valence-electron chi connectivity index (χ2n) is 8.89. The van der Waals surface area contributed by atoms with Crippen molar-refractivity contribution < 1.29 is 9.53 Å². The van der Waals surface area contributed by atoms with Gasteiger partial charge in [-0.15, -0.1) is 0 Å². The van der Waals surface area contributed by atoms with Crippen LogP contribution in [0.3, 0.4) is 0 Å². The molecule has 0 bridgehead atoms. The first kappa shape index (κ1) is 23.1. The molecule has 1 aromatic rings. The van der Waals surface area contributed by atoms with Crippen molar-refractivity contribution in [2.45, 2.75) is 85.2 Å². The zero-order valence-electron chi connectivity index (χ0n) is 18.8. The third-order valence-corrected chi connectivity index (χ3v) is 7.17. The van der Waals surface area contributed by atoms with Gasteiger partial charge in [0.2, 0.25) is 0 Å². The maximum absolute atomic E-state index is 12.8. The number of carbonyl (C=O) groups excluding carboxylic acids is 1. The predicted octanol–water partition coefficient (Wildman–Crippen LogP) is 6.99. The molecule has 1 heterocycles. The second-order valence-corrected chi connectivity index (χ2v) is 9.30. The molecule has 3 rings (SSSR count). The molecule has 1 aromatic carbocycles. The van der Waals surface area contributed by atoms with Crippen LogP contribution in [0.5, 0.6) is 0 Å². The highest BCUT2D eigenvalue weighted by Gasteiger charge is 2.54. The third kappa shape index (κ3) is 4.50. The Bertz CT molecular complexity index is 687. The lowest BCUT2D eigenvalue weighted by molar-refractivity contribution is 0.0135. The summed E-state index contributed by atoms with van der Waals surface area (Å²) in [6, 6.07) is 6.47. The number of amides is 1. The molecule has 1 aliphatic heterocycles. The monoisotopic (exact) mass is 407 g/mol. The highest BCUT2D eigenvalue weighted by atomic mass is 35.5. The van der Waals surface area contributed by atoms with Crippen LogP contribution in [0.25, 0.3) is 0 Å². The molecular weight excluding hydrogens is 370 g/mol. The number of hydrogen-bond acceptors (Lipinski definition) is 2. The molecule has 1 amide bonds. The number of carbonyl (C=O) groups is 1. The van der Waals surface area contributed by atoms with Crippen LogP contribution in [0, 0.1) is 18.8 Å². The smallest absolute Gasteiger partial charge is 0.410 e. The standard InChI is InChI=1S/C22H32ClNO2.C2H6/c1-6-16-10-18-13-24(20(25)26-21(4,5)7-2)14-22(18,12-16)17-9-8-15(3)19(23)11-17;1-2/h8-9,11,16,18H,6-7,10,12-14H2,1-5H3;1-2H3/t16?,18-,22+;/m1./s1. The summed E-state index contributed by atoms with van der Waals surface area (Å²) in [6.45, 7) is 15.8. The number of nitrogens with zero attached hydrogens (tertiary/aromatic N) is 1. The molecule has 3 atom stereocenters. The number of ether oxygens (including phenoxy) is 1. The molecule has 0 radical (unpaired) electrons. The number of hydrogen-bond donors (Lipinski definition) is 0. The molecule has 2 aliphatic rings. The topological polar surface area (TPSA) is 29.5 Å². The molecule has 0 spiro atoms. The van der Waals surface area contributed by atoms with Crippen molar-refractivity contribution in [2.75, 3.05) is 13.1 Å². The first-order valence-electron chi connectivity index (χ1n) is 11.0. The van der Waals surface area contributed by atoms with Gasteiger partial charge in [-0.3, -0.25) is 0 Å². The lowest BCUT2D eigenvalue weighted by Crippen LogP contribution is -2.39. The summed E-state index contributed by atoms with van der Waals surface area (Å²) >= 11 is 6.45. The normalized spacial score (nSPS) is 26.5. The maximum atomic E-state index is 12.8. The van der Waals surface area contributed by atoms with Crippen molar-refractivity contribution >= 4 is 17.7 Å². The van der Waals surface area contributed by atoms with Crippen LogP contribution < -0.4 is 0 Å². The van der Waals surface area contributed by atoms with Crippen LogP contribution in [-0.4, -0.2) is 29.7 Å². The summed E-state index contributed by atoms with van der Waals surface area (Å²) in [5, 5.41) is 0.823. The minimum atomic E-state index is -0.416. The first-order valence-corrected chi connectivity index (χ1v) is 11.3. The summed E-state index contributed by atoms with van der Waals surface area (Å²) in [4.78, 5) is 14.7. The van der Waals surface area contributed by atoms with Gasteiger partial charge in [-0.05, 0) is 69.1 Å². The fraction of sp³-hybridized carbons (Fsp3) is 0.708. The molecule has 0 aromatic heterocycles. The summed E-state index contributed by atoms with van der Waals surface area (Å²) < 4.78 is 5.77. The van der Waals surface area contributed by atoms with E-state index < -0.39 is 5.60 Å². The molecular formula is C24H38ClNO2. The molecule has 1 saturated carbocycles. The van der Waals surface area contributed by atoms with Crippen molar-refractivity contribution in [1.29, 1.82) is 0 Å². The van der Waals surface area contributed by atoms with E-state index in [1.807, 2.05) is 46.4 Å². The van der Waals surface area contributed by atoms with E-state index in [2.05, 4.69) is 25.1 Å². The lowest BCUT2D eigenvalue weighted by Gasteiger charge is -2.31. The van der Waals surface area contributed by atoms with Gasteiger partial charge in [0.25, 0.3) is 0 Å². The average molecular weight is 408 g/mol. The molecule has 0 N–H and O–H groups in total. The highest BCUT2D eigenvalue weighted by Crippen LogP contribution is 2.54. The highest BCUT2D eigenvalue weighted by molar-refractivity contribution is 6.31. The van der Waals surface area contributed by atoms with Gasteiger partial charge in [-0.25, -0.2) is 4.79 Å². The Morgan fingerprint density at radius 3 is 2.57 bits per heavy atom. The van der Waals surface area contributed by atoms with E-state index in [1.165, 1.54) is 18.4 Å². The molecule has 3 nitrogen and oxygen atoms in total. The number of likely N-dealkylation sites (tertiary alicyclic amines) is 1. The van der Waals surface area contributed by atoms with Gasteiger partial charge >= 0.3 is 6.09 Å². The van der Waals surface area contributed by atoms with Crippen LogP contribution in [0.1, 0.15) is 78.4 Å². The van der Waals surface area contributed by atoms with Crippen molar-refractivity contribution in [3.05, 3.63) is 34.3 Å². The molecule has 1 aliphatic carbocycles. The minimum absolute atomic E-state index is 0.0212. The van der Waals surface area contributed by atoms with E-state index in [1.54, 1.807) is 0 Å². The Morgan fingerprint density at radius 1 is 1.32 bits per heavy atom. The van der Waals surface area contributed by atoms with Crippen molar-refractivity contribution in [2.24, 2.45) is 11.8 Å². The number of aryl methyl sites for hydroxylation is 1. The van der Waals surface area contributed by atoms with Gasteiger partial charge in [-0.2, -0.15) is 0 Å². The number of rotatable bonds is 4. The van der Waals surface area contributed by atoms with Crippen LogP contribution in [-0.2, 0) is 10.2 Å². The zero-order chi connectivity index (χ0) is 21.1. The van der Waals surface area contributed by atoms with Gasteiger partial charge in [0.05, 0.1) is 0 Å². The molecule has 2 fully saturated rings. The lowest BCUT2D eigenvalue weighted by atomic mass is 9.74. The summed E-state index contributed by atoms with van der Waals surface area (Å²) in [7, 11) is 0. The molecule has 1 saturated heterocycles. The predicted molar refractivity (Wildman–Crippen MR) is 118 cm³/mol. The number of fused-ring (bicyclic) bond motifs is 1. The minimum Gasteiger partial charge on any atom is -0.443 e. The van der Waals surface area contributed by atoms with Gasteiger partial charge in [-0.1, -0.05) is 57.8 Å². The Balaban J connectivity index is 0.00000136. The Labute approximate surface area is 176 Å². The van der Waals surface area contributed by atoms with Crippen LogP contribution in [0.4, 0.5) is 4.79 Å². The molecule has 158 valence electrons. The number of halogens is 1. The average Bonchev–Trinajstić information content (AvgIpc) is 3.20. The van der Waals surface area contributed by atoms with Gasteiger partial charge in [0, 0.05) is 23.5 Å². The van der Waals surface area contributed by atoms with E-state index in [9.17, 15) is 4.79 Å². The fourth-order valence-corrected chi connectivity index (χ4v) is 4.86. The van der Waals surface area contributed by atoms with Crippen LogP contribution in [0.15, 0.2) is 18.2 Å². The van der Waals surface area contributed by atoms with E-state index in [-0.39, 0.29) is 11.5 Å². The van der Waals surface area contributed by atoms with E-state index in [0.29, 0.717) is 5.92 Å². The number of benzene rings is 1. The van der Waals surface area contributed by atoms with E-state index in [4.69, 9.17) is 16.3 Å². The summed E-state index contributed by atoms with van der Waals surface area (Å²) in [5.74, 6) is 1.22. The van der Waals surface area contributed by atoms with Crippen LogP contribution >= 0.6 is 11.6 Å². The fourth-order valence-electron chi connectivity index (χ4n) is 4.68. The van der Waals surface area contributed by atoms with Crippen molar-refractivity contribution in [3.63, 3.8) is 0 Å². The SMILES string of the molecule is CC.CCC1C[C@@H]2CN(C(=O)OC(C)(C)CC)C[C@]2(c2ccc(C)c(Cl)c2)C1. The first-order chi connectivity index (χ1) is 13.2. The van der Waals surface area contributed by atoms with Gasteiger partial charge < -0.3 is 9.64 Å². The van der Waals surface area contributed by atoms with Crippen molar-refractivity contribution in [3.8, 4) is 0 Å². The van der Waals surface area contributed by atoms with Crippen molar-refractivity contribution in [1.82, 2.24) is 4.90 Å². The third-order valence-electron chi connectivity index (χ3n) is 6.76. The summed E-state index contributed by atoms with van der Waals surface area (Å²) in [5.41, 5.74) is 2.00. The quantitative estimate of drug-likeness (QED) is 0.538. The van der Waals surface area contributed by atoms with Gasteiger partial charge in [0.1, 0.15) is 5.60 Å². The second kappa shape index (κ2) is 9.07. The van der Waals surface area contributed by atoms with E-state index >= 15 is 0 Å². The molecule has 1 unspecified atom stereocenters. The Kier molecular flexibility index (Phi) is 7.47. The molecule has 28 heavy (non-hydrogen) atoms. The van der Waals surface area contributed by atoms with Gasteiger partial charge in [0.15, 0.2) is 0 Å². The maximum Gasteiger partial charge on any atom is 0.410 e. The molecule has 4 heteroatoms. The largest absolute Gasteiger partial charge is 0.443 e. The Hall–Kier alpha value is -1.22. The Morgan fingerprint density at radius 2 is 2.00 bits per heavy atom. The summed E-state index contributed by atoms with van der Waals surface area (Å²) in [6.07, 6.45) is 4.16. The van der Waals surface area contributed by atoms with Crippen LogP contribution in [0.2, 0.25) is 5.02 Å².